The van der Waals surface area contributed by atoms with Crippen molar-refractivity contribution in [2.75, 3.05) is 10.9 Å². The topological polar surface area (TPSA) is 61.9 Å². The van der Waals surface area contributed by atoms with Crippen molar-refractivity contribution in [3.63, 3.8) is 0 Å². The molecule has 4 rings (SSSR count). The average molecular weight is 491 g/mol. The first kappa shape index (κ1) is 22.9. The first-order chi connectivity index (χ1) is 15.8. The van der Waals surface area contributed by atoms with E-state index in [-0.39, 0.29) is 16.9 Å². The van der Waals surface area contributed by atoms with E-state index >= 15 is 0 Å². The average Bonchev–Trinajstić information content (AvgIpc) is 3.12. The number of halogens is 4. The third-order valence-electron chi connectivity index (χ3n) is 4.70. The van der Waals surface area contributed by atoms with Crippen LogP contribution in [0.4, 0.5) is 24.5 Å². The molecule has 0 aliphatic carbocycles. The maximum atomic E-state index is 13.1. The van der Waals surface area contributed by atoms with Crippen molar-refractivity contribution in [2.24, 2.45) is 0 Å². The Balaban J connectivity index is 1.61. The Morgan fingerprint density at radius 3 is 2.36 bits per heavy atom. The van der Waals surface area contributed by atoms with Crippen molar-refractivity contribution in [1.29, 1.82) is 0 Å². The number of aromatic amines is 1. The Labute approximate surface area is 196 Å². The van der Waals surface area contributed by atoms with Gasteiger partial charge in [0, 0.05) is 15.7 Å². The number of alkyl halides is 3. The number of H-pyrrole nitrogens is 1. The van der Waals surface area contributed by atoms with E-state index < -0.39 is 11.7 Å². The molecule has 1 aromatic heterocycles. The van der Waals surface area contributed by atoms with E-state index in [0.29, 0.717) is 22.2 Å². The summed E-state index contributed by atoms with van der Waals surface area (Å²) in [6, 6.07) is 21.0. The lowest BCUT2D eigenvalue weighted by Crippen LogP contribution is -2.20. The van der Waals surface area contributed by atoms with Crippen LogP contribution in [-0.2, 0) is 11.9 Å². The molecule has 0 fully saturated rings. The summed E-state index contributed by atoms with van der Waals surface area (Å²) >= 11 is 7.42. The number of hydrogen-bond acceptors (Lipinski definition) is 4. The molecule has 3 N–H and O–H groups in total. The van der Waals surface area contributed by atoms with E-state index in [9.17, 15) is 18.0 Å². The molecule has 0 unspecified atom stereocenters. The summed E-state index contributed by atoms with van der Waals surface area (Å²) in [5.74, 6) is 0.406. The van der Waals surface area contributed by atoms with Crippen LogP contribution >= 0.6 is 23.4 Å². The van der Waals surface area contributed by atoms with Gasteiger partial charge in [-0.3, -0.25) is 15.3 Å². The number of aromatic nitrogens is 2. The molecule has 0 saturated carbocycles. The highest BCUT2D eigenvalue weighted by Crippen LogP contribution is 2.31. The first-order valence-corrected chi connectivity index (χ1v) is 11.1. The lowest BCUT2D eigenvalue weighted by atomic mass is 10.2. The fraction of sp³-hybridized carbons (Fsp3) is 0.0870. The molecule has 0 radical (unpaired) electrons. The van der Waals surface area contributed by atoms with Crippen LogP contribution in [0.3, 0.4) is 0 Å². The van der Waals surface area contributed by atoms with E-state index in [1.54, 1.807) is 36.4 Å². The third-order valence-corrected chi connectivity index (χ3v) is 5.99. The molecule has 0 aliphatic rings. The minimum Gasteiger partial charge on any atom is -0.301 e. The Morgan fingerprint density at radius 2 is 1.67 bits per heavy atom. The van der Waals surface area contributed by atoms with Gasteiger partial charge < -0.3 is 5.43 Å². The first-order valence-electron chi connectivity index (χ1n) is 9.78. The van der Waals surface area contributed by atoms with Crippen molar-refractivity contribution < 1.29 is 13.2 Å². The second-order valence-electron chi connectivity index (χ2n) is 7.01. The molecule has 170 valence electrons. The quantitative estimate of drug-likeness (QED) is 0.202. The van der Waals surface area contributed by atoms with Crippen molar-refractivity contribution in [2.45, 2.75) is 16.8 Å². The largest absolute Gasteiger partial charge is 0.416 e. The predicted molar refractivity (Wildman–Crippen MR) is 126 cm³/mol. The maximum absolute atomic E-state index is 13.1. The molecule has 0 atom stereocenters. The molecule has 0 amide bonds. The zero-order valence-electron chi connectivity index (χ0n) is 17.0. The van der Waals surface area contributed by atoms with Crippen molar-refractivity contribution in [3.8, 4) is 5.69 Å². The van der Waals surface area contributed by atoms with E-state index in [4.69, 9.17) is 11.6 Å². The molecule has 5 nitrogen and oxygen atoms in total. The maximum Gasteiger partial charge on any atom is 0.416 e. The lowest BCUT2D eigenvalue weighted by Gasteiger charge is -2.12. The molecule has 0 spiro atoms. The Hall–Kier alpha value is -3.30. The molecular formula is C23H18ClF3N4OS. The molecule has 0 aliphatic heterocycles. The summed E-state index contributed by atoms with van der Waals surface area (Å²) in [5, 5.41) is 3.72. The van der Waals surface area contributed by atoms with Crippen LogP contribution in [0.2, 0.25) is 5.02 Å². The lowest BCUT2D eigenvalue weighted by molar-refractivity contribution is -0.137. The number of benzene rings is 3. The van der Waals surface area contributed by atoms with Gasteiger partial charge in [0.1, 0.15) is 5.69 Å². The van der Waals surface area contributed by atoms with Gasteiger partial charge >= 0.3 is 6.18 Å². The van der Waals surface area contributed by atoms with Crippen LogP contribution in [0.25, 0.3) is 5.69 Å². The van der Waals surface area contributed by atoms with Gasteiger partial charge in [-0.2, -0.15) is 13.2 Å². The second kappa shape index (κ2) is 9.68. The minimum atomic E-state index is -4.47. The zero-order chi connectivity index (χ0) is 23.4. The smallest absolute Gasteiger partial charge is 0.301 e. The van der Waals surface area contributed by atoms with Crippen LogP contribution in [-0.4, -0.2) is 9.78 Å². The molecule has 33 heavy (non-hydrogen) atoms. The molecule has 0 bridgehead atoms. The van der Waals surface area contributed by atoms with E-state index in [0.717, 1.165) is 17.0 Å². The normalized spacial score (nSPS) is 11.4. The summed E-state index contributed by atoms with van der Waals surface area (Å²) in [4.78, 5) is 14.1. The highest BCUT2D eigenvalue weighted by atomic mass is 35.5. The van der Waals surface area contributed by atoms with Crippen LogP contribution < -0.4 is 16.4 Å². The van der Waals surface area contributed by atoms with Gasteiger partial charge in [0.05, 0.1) is 22.6 Å². The van der Waals surface area contributed by atoms with Gasteiger partial charge in [0.15, 0.2) is 0 Å². The predicted octanol–water partition coefficient (Wildman–Crippen LogP) is 6.57. The molecule has 10 heteroatoms. The number of hydrazine groups is 1. The third kappa shape index (κ3) is 5.55. The number of anilines is 2. The zero-order valence-corrected chi connectivity index (χ0v) is 18.6. The van der Waals surface area contributed by atoms with Gasteiger partial charge in [0.25, 0.3) is 5.56 Å². The van der Waals surface area contributed by atoms with Gasteiger partial charge in [-0.25, -0.2) is 4.68 Å². The molecule has 0 saturated heterocycles. The van der Waals surface area contributed by atoms with Gasteiger partial charge in [-0.05, 0) is 54.6 Å². The number of thioether (sulfide) groups is 1. The van der Waals surface area contributed by atoms with Crippen LogP contribution in [0, 0.1) is 0 Å². The Morgan fingerprint density at radius 1 is 0.939 bits per heavy atom. The number of nitrogens with one attached hydrogen (secondary N) is 3. The van der Waals surface area contributed by atoms with Gasteiger partial charge in [0.2, 0.25) is 0 Å². The van der Waals surface area contributed by atoms with Crippen molar-refractivity contribution >= 4 is 34.7 Å². The number of hydrogen-bond donors (Lipinski definition) is 3. The Kier molecular flexibility index (Phi) is 6.71. The van der Waals surface area contributed by atoms with Gasteiger partial charge in [-0.15, -0.1) is 11.8 Å². The van der Waals surface area contributed by atoms with E-state index in [2.05, 4.69) is 16.0 Å². The number of para-hydroxylation sites is 1. The van der Waals surface area contributed by atoms with Crippen molar-refractivity contribution in [3.05, 3.63) is 105 Å². The summed E-state index contributed by atoms with van der Waals surface area (Å²) < 4.78 is 40.4. The highest BCUT2D eigenvalue weighted by Gasteiger charge is 2.30. The molecule has 3 aromatic carbocycles. The standard InChI is InChI=1S/C23H18ClF3N4OS/c24-16-9-11-19(12-10-16)33-14-20-21(22(32)31(30-20)18-7-2-1-3-8-18)29-28-17-6-4-5-15(13-17)23(25,26)27/h1-13,28-30H,14H2. The van der Waals surface area contributed by atoms with Gasteiger partial charge in [-0.1, -0.05) is 35.9 Å². The molecular weight excluding hydrogens is 473 g/mol. The fourth-order valence-corrected chi connectivity index (χ4v) is 4.04. The second-order valence-corrected chi connectivity index (χ2v) is 8.50. The van der Waals surface area contributed by atoms with E-state index in [1.165, 1.54) is 28.6 Å². The highest BCUT2D eigenvalue weighted by molar-refractivity contribution is 7.98. The van der Waals surface area contributed by atoms with Crippen LogP contribution in [0.1, 0.15) is 11.3 Å². The fourth-order valence-electron chi connectivity index (χ4n) is 3.07. The Bertz CT molecular complexity index is 1290. The summed E-state index contributed by atoms with van der Waals surface area (Å²) in [5.41, 5.74) is 5.94. The van der Waals surface area contributed by atoms with E-state index in [1.807, 2.05) is 18.2 Å². The summed E-state index contributed by atoms with van der Waals surface area (Å²) in [6.07, 6.45) is -4.47. The SMILES string of the molecule is O=c1c(NNc2cccc(C(F)(F)F)c2)c(CSc2ccc(Cl)cc2)[nH]n1-c1ccccc1. The molecule has 4 aromatic rings. The summed E-state index contributed by atoms with van der Waals surface area (Å²) in [7, 11) is 0. The summed E-state index contributed by atoms with van der Waals surface area (Å²) in [6.45, 7) is 0. The minimum absolute atomic E-state index is 0.174. The van der Waals surface area contributed by atoms with Crippen LogP contribution in [0.15, 0.2) is 88.6 Å². The molecule has 1 heterocycles. The monoisotopic (exact) mass is 490 g/mol. The van der Waals surface area contributed by atoms with Crippen LogP contribution in [0.5, 0.6) is 0 Å². The number of rotatable bonds is 7. The number of nitrogens with zero attached hydrogens (tertiary/aromatic N) is 1. The van der Waals surface area contributed by atoms with Crippen molar-refractivity contribution in [1.82, 2.24) is 9.78 Å².